The molecule has 1 fully saturated rings. The molecule has 0 spiro atoms. The second-order valence-electron chi connectivity index (χ2n) is 7.94. The highest BCUT2D eigenvalue weighted by Gasteiger charge is 2.54. The molecule has 0 aromatic heterocycles. The van der Waals surface area contributed by atoms with Crippen molar-refractivity contribution in [2.45, 2.75) is 38.1 Å². The average molecular weight is 454 g/mol. The van der Waals surface area contributed by atoms with E-state index in [0.29, 0.717) is 29.2 Å². The van der Waals surface area contributed by atoms with Crippen molar-refractivity contribution >= 4 is 17.8 Å². The molecule has 0 bridgehead atoms. The summed E-state index contributed by atoms with van der Waals surface area (Å²) >= 11 is 0. The zero-order valence-corrected chi connectivity index (χ0v) is 19.3. The number of nitrogens with one attached hydrogen (secondary N) is 2. The van der Waals surface area contributed by atoms with Crippen molar-refractivity contribution in [3.8, 4) is 11.5 Å². The van der Waals surface area contributed by atoms with Gasteiger partial charge in [-0.15, -0.1) is 0 Å². The number of nitrogens with zero attached hydrogens (tertiary/aromatic N) is 1. The Labute approximate surface area is 194 Å². The van der Waals surface area contributed by atoms with Crippen LogP contribution in [0.25, 0.3) is 0 Å². The molecule has 1 heterocycles. The predicted octanol–water partition coefficient (Wildman–Crippen LogP) is 3.20. The molecule has 3 rings (SSSR count). The fraction of sp³-hybridized carbons (Fsp3) is 0.400. The van der Waals surface area contributed by atoms with Crippen LogP contribution in [0.15, 0.2) is 48.5 Å². The first-order valence-corrected chi connectivity index (χ1v) is 11.2. The Bertz CT molecular complexity index is 925. The molecule has 0 radical (unpaired) electrons. The normalized spacial score (nSPS) is 14.7. The third-order valence-electron chi connectivity index (χ3n) is 5.81. The number of urea groups is 1. The molecule has 8 nitrogen and oxygen atoms in total. The summed E-state index contributed by atoms with van der Waals surface area (Å²) in [4.78, 5) is 40.0. The minimum atomic E-state index is -1.46. The van der Waals surface area contributed by atoms with E-state index in [1.807, 2.05) is 0 Å². The summed E-state index contributed by atoms with van der Waals surface area (Å²) < 4.78 is 10.5. The SMILES string of the molecule is CCCCCCNC(=O)CN1C(=O)NC(c2ccc(OC)cc2)(c2ccc(OC)cc2)C1=O. The number of unbranched alkanes of at least 4 members (excludes halogenated alkanes) is 3. The second kappa shape index (κ2) is 10.8. The number of hydrogen-bond donors (Lipinski definition) is 2. The quantitative estimate of drug-likeness (QED) is 0.402. The number of carbonyl (C=O) groups is 3. The van der Waals surface area contributed by atoms with Crippen molar-refractivity contribution in [3.05, 3.63) is 59.7 Å². The standard InChI is InChI=1S/C25H31N3O5/c1-4-5-6-7-16-26-22(29)17-28-23(30)25(27-24(28)31,18-8-12-20(32-2)13-9-18)19-10-14-21(33-3)15-11-19/h8-15H,4-7,16-17H2,1-3H3,(H,26,29)(H,27,31). The van der Waals surface area contributed by atoms with Crippen LogP contribution < -0.4 is 20.1 Å². The molecule has 1 aliphatic heterocycles. The van der Waals surface area contributed by atoms with Gasteiger partial charge in [-0.3, -0.25) is 14.5 Å². The molecular weight excluding hydrogens is 422 g/mol. The van der Waals surface area contributed by atoms with E-state index >= 15 is 0 Å². The van der Waals surface area contributed by atoms with Crippen molar-refractivity contribution in [3.63, 3.8) is 0 Å². The highest BCUT2D eigenvalue weighted by Crippen LogP contribution is 2.37. The summed E-state index contributed by atoms with van der Waals surface area (Å²) in [5.74, 6) is 0.374. The lowest BCUT2D eigenvalue weighted by Gasteiger charge is -2.28. The Morgan fingerprint density at radius 1 is 0.909 bits per heavy atom. The van der Waals surface area contributed by atoms with Crippen molar-refractivity contribution in [1.29, 1.82) is 0 Å². The molecule has 2 aromatic rings. The van der Waals surface area contributed by atoms with Gasteiger partial charge < -0.3 is 20.1 Å². The van der Waals surface area contributed by atoms with Gasteiger partial charge in [0.2, 0.25) is 5.91 Å². The number of methoxy groups -OCH3 is 2. The van der Waals surface area contributed by atoms with E-state index in [9.17, 15) is 14.4 Å². The lowest BCUT2D eigenvalue weighted by molar-refractivity contribution is -0.134. The number of ether oxygens (including phenoxy) is 2. The lowest BCUT2D eigenvalue weighted by atomic mass is 9.82. The van der Waals surface area contributed by atoms with E-state index in [1.165, 1.54) is 0 Å². The highest BCUT2D eigenvalue weighted by atomic mass is 16.5. The largest absolute Gasteiger partial charge is 0.497 e. The zero-order chi connectivity index (χ0) is 23.8. The van der Waals surface area contributed by atoms with Crippen molar-refractivity contribution in [1.82, 2.24) is 15.5 Å². The van der Waals surface area contributed by atoms with Crippen LogP contribution in [0.5, 0.6) is 11.5 Å². The number of benzene rings is 2. The van der Waals surface area contributed by atoms with Gasteiger partial charge in [-0.05, 0) is 41.8 Å². The summed E-state index contributed by atoms with van der Waals surface area (Å²) in [6.45, 7) is 2.30. The molecule has 4 amide bonds. The summed E-state index contributed by atoms with van der Waals surface area (Å²) in [6, 6.07) is 13.2. The Morgan fingerprint density at radius 3 is 1.94 bits per heavy atom. The van der Waals surface area contributed by atoms with E-state index in [1.54, 1.807) is 62.8 Å². The number of imide groups is 1. The smallest absolute Gasteiger partial charge is 0.326 e. The molecular formula is C25H31N3O5. The van der Waals surface area contributed by atoms with Crippen LogP contribution in [0.3, 0.4) is 0 Å². The molecule has 2 aromatic carbocycles. The molecule has 0 aliphatic carbocycles. The third kappa shape index (κ3) is 5.10. The maximum atomic E-state index is 13.7. The number of hydrogen-bond acceptors (Lipinski definition) is 5. The molecule has 1 aliphatic rings. The lowest BCUT2D eigenvalue weighted by Crippen LogP contribution is -2.46. The Balaban J connectivity index is 1.87. The van der Waals surface area contributed by atoms with Crippen LogP contribution in [0.2, 0.25) is 0 Å². The van der Waals surface area contributed by atoms with E-state index < -0.39 is 17.5 Å². The van der Waals surface area contributed by atoms with Gasteiger partial charge in [0, 0.05) is 6.54 Å². The first-order valence-electron chi connectivity index (χ1n) is 11.2. The zero-order valence-electron chi connectivity index (χ0n) is 19.3. The highest BCUT2D eigenvalue weighted by molar-refractivity contribution is 6.11. The second-order valence-corrected chi connectivity index (χ2v) is 7.94. The Morgan fingerprint density at radius 2 is 1.45 bits per heavy atom. The maximum absolute atomic E-state index is 13.7. The first kappa shape index (κ1) is 24.1. The fourth-order valence-electron chi connectivity index (χ4n) is 3.94. The summed E-state index contributed by atoms with van der Waals surface area (Å²) in [7, 11) is 3.11. The summed E-state index contributed by atoms with van der Waals surface area (Å²) in [5.41, 5.74) is -0.333. The van der Waals surface area contributed by atoms with Gasteiger partial charge in [0.25, 0.3) is 5.91 Å². The fourth-order valence-corrected chi connectivity index (χ4v) is 3.94. The van der Waals surface area contributed by atoms with Gasteiger partial charge in [0.1, 0.15) is 18.0 Å². The molecule has 2 N–H and O–H groups in total. The maximum Gasteiger partial charge on any atom is 0.326 e. The monoisotopic (exact) mass is 453 g/mol. The van der Waals surface area contributed by atoms with E-state index in [4.69, 9.17) is 9.47 Å². The van der Waals surface area contributed by atoms with E-state index in [2.05, 4.69) is 17.6 Å². The minimum absolute atomic E-state index is 0.341. The van der Waals surface area contributed by atoms with Crippen LogP contribution in [-0.2, 0) is 15.1 Å². The van der Waals surface area contributed by atoms with Crippen LogP contribution in [0, 0.1) is 0 Å². The van der Waals surface area contributed by atoms with Crippen molar-refractivity contribution in [2.24, 2.45) is 0 Å². The van der Waals surface area contributed by atoms with E-state index in [-0.39, 0.29) is 12.5 Å². The van der Waals surface area contributed by atoms with Gasteiger partial charge in [0.05, 0.1) is 14.2 Å². The van der Waals surface area contributed by atoms with Gasteiger partial charge in [-0.1, -0.05) is 50.5 Å². The van der Waals surface area contributed by atoms with Gasteiger partial charge in [0.15, 0.2) is 5.54 Å². The average Bonchev–Trinajstić information content (AvgIpc) is 3.09. The van der Waals surface area contributed by atoms with Gasteiger partial charge >= 0.3 is 6.03 Å². The van der Waals surface area contributed by atoms with Crippen LogP contribution in [0.1, 0.15) is 43.7 Å². The molecule has 0 saturated carbocycles. The van der Waals surface area contributed by atoms with Crippen LogP contribution in [0.4, 0.5) is 4.79 Å². The topological polar surface area (TPSA) is 97.0 Å². The molecule has 8 heteroatoms. The summed E-state index contributed by atoms with van der Waals surface area (Å²) in [6.07, 6.45) is 4.10. The van der Waals surface area contributed by atoms with Crippen LogP contribution >= 0.6 is 0 Å². The molecule has 0 atom stereocenters. The van der Waals surface area contributed by atoms with Crippen molar-refractivity contribution < 1.29 is 23.9 Å². The van der Waals surface area contributed by atoms with Gasteiger partial charge in [-0.25, -0.2) is 4.79 Å². The van der Waals surface area contributed by atoms with Gasteiger partial charge in [-0.2, -0.15) is 0 Å². The minimum Gasteiger partial charge on any atom is -0.497 e. The number of amides is 4. The number of carbonyl (C=O) groups excluding carboxylic acids is 3. The third-order valence-corrected chi connectivity index (χ3v) is 5.81. The molecule has 1 saturated heterocycles. The molecule has 33 heavy (non-hydrogen) atoms. The first-order chi connectivity index (χ1) is 16.0. The van der Waals surface area contributed by atoms with Crippen molar-refractivity contribution in [2.75, 3.05) is 27.3 Å². The van der Waals surface area contributed by atoms with E-state index in [0.717, 1.165) is 30.6 Å². The molecule has 0 unspecified atom stereocenters. The number of rotatable bonds is 11. The summed E-state index contributed by atoms with van der Waals surface area (Å²) in [5, 5.41) is 5.64. The Kier molecular flexibility index (Phi) is 7.92. The van der Waals surface area contributed by atoms with Crippen LogP contribution in [-0.4, -0.2) is 50.1 Å². The Hall–Kier alpha value is -3.55. The molecule has 176 valence electrons. The predicted molar refractivity (Wildman–Crippen MR) is 124 cm³/mol.